The maximum Gasteiger partial charge on any atom is 0.295 e. The van der Waals surface area contributed by atoms with Gasteiger partial charge in [0.1, 0.15) is 19.0 Å². The Labute approximate surface area is 202 Å². The van der Waals surface area contributed by atoms with Crippen molar-refractivity contribution in [1.82, 2.24) is 9.80 Å². The number of ketones is 1. The number of Topliss-reactive ketones (excluding diaryl/α,β-unsaturated/α-hetero) is 1. The van der Waals surface area contributed by atoms with E-state index in [1.807, 2.05) is 19.0 Å². The van der Waals surface area contributed by atoms with Crippen molar-refractivity contribution in [1.29, 1.82) is 0 Å². The Morgan fingerprint density at radius 3 is 2.48 bits per heavy atom. The number of halogens is 2. The number of ether oxygens (including phenoxy) is 2. The first kappa shape index (κ1) is 23.4. The molecule has 2 aromatic carbocycles. The number of aliphatic hydroxyl groups excluding tert-OH is 1. The van der Waals surface area contributed by atoms with Crippen LogP contribution in [-0.2, 0) is 9.59 Å². The standard InChI is InChI=1S/C24H24Cl2N2O5/c1-27(2)8-3-9-28-21(14-4-6-16(25)17(26)12-14)20(23(30)24(28)31)22(29)15-5-7-18-19(13-15)33-11-10-32-18/h4-7,12-13,21,29H,3,8-11H2,1-2H3/t21-/m1/s1. The van der Waals surface area contributed by atoms with E-state index in [2.05, 4.69) is 0 Å². The van der Waals surface area contributed by atoms with Crippen molar-refractivity contribution in [3.05, 3.63) is 63.1 Å². The molecule has 4 rings (SSSR count). The number of fused-ring (bicyclic) bond motifs is 1. The highest BCUT2D eigenvalue weighted by Crippen LogP contribution is 2.42. The Kier molecular flexibility index (Phi) is 6.83. The van der Waals surface area contributed by atoms with Gasteiger partial charge in [-0.3, -0.25) is 9.59 Å². The van der Waals surface area contributed by atoms with Crippen LogP contribution >= 0.6 is 23.2 Å². The van der Waals surface area contributed by atoms with Crippen molar-refractivity contribution in [3.8, 4) is 11.5 Å². The van der Waals surface area contributed by atoms with E-state index < -0.39 is 17.7 Å². The summed E-state index contributed by atoms with van der Waals surface area (Å²) >= 11 is 12.3. The summed E-state index contributed by atoms with van der Waals surface area (Å²) in [5, 5.41) is 11.9. The van der Waals surface area contributed by atoms with Crippen LogP contribution in [0.1, 0.15) is 23.6 Å². The van der Waals surface area contributed by atoms with Gasteiger partial charge in [-0.15, -0.1) is 0 Å². The molecular weight excluding hydrogens is 467 g/mol. The molecule has 2 aliphatic heterocycles. The van der Waals surface area contributed by atoms with Crippen LogP contribution in [0.25, 0.3) is 5.76 Å². The van der Waals surface area contributed by atoms with Gasteiger partial charge in [0.15, 0.2) is 11.5 Å². The zero-order chi connectivity index (χ0) is 23.7. The number of hydrogen-bond donors (Lipinski definition) is 1. The molecule has 0 saturated carbocycles. The molecule has 0 aromatic heterocycles. The molecule has 1 atom stereocenters. The number of aliphatic hydroxyl groups is 1. The van der Waals surface area contributed by atoms with E-state index in [0.29, 0.717) is 58.9 Å². The molecular formula is C24H24Cl2N2O5. The summed E-state index contributed by atoms with van der Waals surface area (Å²) in [6.07, 6.45) is 0.655. The number of amides is 1. The van der Waals surface area contributed by atoms with Gasteiger partial charge in [-0.2, -0.15) is 0 Å². The van der Waals surface area contributed by atoms with E-state index in [4.69, 9.17) is 32.7 Å². The molecule has 1 N–H and O–H groups in total. The summed E-state index contributed by atoms with van der Waals surface area (Å²) in [4.78, 5) is 29.6. The molecule has 2 aromatic rings. The number of rotatable bonds is 6. The number of benzene rings is 2. The third-order valence-electron chi connectivity index (χ3n) is 5.62. The van der Waals surface area contributed by atoms with Gasteiger partial charge < -0.3 is 24.4 Å². The van der Waals surface area contributed by atoms with Crippen molar-refractivity contribution < 1.29 is 24.2 Å². The summed E-state index contributed by atoms with van der Waals surface area (Å²) in [6, 6.07) is 9.06. The minimum absolute atomic E-state index is 0.0000741. The van der Waals surface area contributed by atoms with Crippen LogP contribution in [0.3, 0.4) is 0 Å². The van der Waals surface area contributed by atoms with E-state index in [-0.39, 0.29) is 11.3 Å². The fourth-order valence-corrected chi connectivity index (χ4v) is 4.35. The van der Waals surface area contributed by atoms with E-state index in [1.165, 1.54) is 4.90 Å². The second kappa shape index (κ2) is 9.63. The van der Waals surface area contributed by atoms with Gasteiger partial charge in [-0.25, -0.2) is 0 Å². The van der Waals surface area contributed by atoms with Crippen molar-refractivity contribution in [2.45, 2.75) is 12.5 Å². The second-order valence-electron chi connectivity index (χ2n) is 8.18. The highest BCUT2D eigenvalue weighted by molar-refractivity contribution is 6.46. The predicted molar refractivity (Wildman–Crippen MR) is 126 cm³/mol. The van der Waals surface area contributed by atoms with E-state index in [9.17, 15) is 14.7 Å². The van der Waals surface area contributed by atoms with Crippen molar-refractivity contribution in [2.24, 2.45) is 0 Å². The molecule has 0 unspecified atom stereocenters. The lowest BCUT2D eigenvalue weighted by molar-refractivity contribution is -0.139. The number of carbonyl (C=O) groups is 2. The van der Waals surface area contributed by atoms with Crippen molar-refractivity contribution >= 4 is 40.7 Å². The molecule has 1 saturated heterocycles. The average molecular weight is 491 g/mol. The summed E-state index contributed by atoms with van der Waals surface area (Å²) in [6.45, 7) is 1.90. The maximum atomic E-state index is 13.1. The summed E-state index contributed by atoms with van der Waals surface area (Å²) in [7, 11) is 3.87. The summed E-state index contributed by atoms with van der Waals surface area (Å²) < 4.78 is 11.1. The first-order chi connectivity index (χ1) is 15.8. The number of nitrogens with zero attached hydrogens (tertiary/aromatic N) is 2. The molecule has 1 amide bonds. The van der Waals surface area contributed by atoms with Gasteiger partial charge in [-0.1, -0.05) is 29.3 Å². The molecule has 33 heavy (non-hydrogen) atoms. The number of likely N-dealkylation sites (tertiary alicyclic amines) is 1. The molecule has 174 valence electrons. The van der Waals surface area contributed by atoms with Crippen LogP contribution in [0.2, 0.25) is 10.0 Å². The quantitative estimate of drug-likeness (QED) is 0.372. The second-order valence-corrected chi connectivity index (χ2v) is 9.00. The number of carbonyl (C=O) groups excluding carboxylic acids is 2. The lowest BCUT2D eigenvalue weighted by atomic mass is 9.95. The molecule has 9 heteroatoms. The molecule has 7 nitrogen and oxygen atoms in total. The zero-order valence-electron chi connectivity index (χ0n) is 18.3. The monoisotopic (exact) mass is 490 g/mol. The van der Waals surface area contributed by atoms with Crippen molar-refractivity contribution in [2.75, 3.05) is 40.4 Å². The van der Waals surface area contributed by atoms with Crippen LogP contribution in [-0.4, -0.2) is 67.0 Å². The first-order valence-electron chi connectivity index (χ1n) is 10.6. The van der Waals surface area contributed by atoms with Gasteiger partial charge in [0.05, 0.1) is 21.7 Å². The Bertz CT molecular complexity index is 1130. The molecule has 0 bridgehead atoms. The normalized spacial score (nSPS) is 19.4. The Morgan fingerprint density at radius 2 is 1.79 bits per heavy atom. The summed E-state index contributed by atoms with van der Waals surface area (Å²) in [5.41, 5.74) is 0.947. The Morgan fingerprint density at radius 1 is 1.06 bits per heavy atom. The Hall–Kier alpha value is -2.74. The Balaban J connectivity index is 1.80. The van der Waals surface area contributed by atoms with E-state index >= 15 is 0 Å². The van der Waals surface area contributed by atoms with Gasteiger partial charge >= 0.3 is 0 Å². The van der Waals surface area contributed by atoms with Crippen LogP contribution in [0.5, 0.6) is 11.5 Å². The highest BCUT2D eigenvalue weighted by atomic mass is 35.5. The van der Waals surface area contributed by atoms with Gasteiger partial charge in [-0.05, 0) is 63.0 Å². The maximum absolute atomic E-state index is 13.1. The van der Waals surface area contributed by atoms with Crippen molar-refractivity contribution in [3.63, 3.8) is 0 Å². The fraction of sp³-hybridized carbons (Fsp3) is 0.333. The summed E-state index contributed by atoms with van der Waals surface area (Å²) in [5.74, 6) is -0.664. The zero-order valence-corrected chi connectivity index (χ0v) is 19.8. The largest absolute Gasteiger partial charge is 0.507 e. The van der Waals surface area contributed by atoms with Gasteiger partial charge in [0.25, 0.3) is 11.7 Å². The van der Waals surface area contributed by atoms with E-state index in [1.54, 1.807) is 36.4 Å². The molecule has 2 aliphatic rings. The lowest BCUT2D eigenvalue weighted by Crippen LogP contribution is -2.32. The lowest BCUT2D eigenvalue weighted by Gasteiger charge is -2.26. The van der Waals surface area contributed by atoms with Crippen LogP contribution in [0.15, 0.2) is 42.0 Å². The molecule has 0 radical (unpaired) electrons. The predicted octanol–water partition coefficient (Wildman–Crippen LogP) is 4.14. The van der Waals surface area contributed by atoms with Crippen LogP contribution in [0.4, 0.5) is 0 Å². The average Bonchev–Trinajstić information content (AvgIpc) is 3.05. The molecule has 0 spiro atoms. The molecule has 1 fully saturated rings. The third kappa shape index (κ3) is 4.67. The topological polar surface area (TPSA) is 79.3 Å². The SMILES string of the molecule is CN(C)CCCN1C(=O)C(=O)C(=C(O)c2ccc3c(c2)OCCO3)[C@H]1c1ccc(Cl)c(Cl)c1. The molecule has 2 heterocycles. The van der Waals surface area contributed by atoms with Crippen LogP contribution in [0, 0.1) is 0 Å². The smallest absolute Gasteiger partial charge is 0.295 e. The number of hydrogen-bond acceptors (Lipinski definition) is 6. The highest BCUT2D eigenvalue weighted by Gasteiger charge is 2.46. The third-order valence-corrected chi connectivity index (χ3v) is 6.36. The van der Waals surface area contributed by atoms with Gasteiger partial charge in [0, 0.05) is 12.1 Å². The fourth-order valence-electron chi connectivity index (χ4n) is 4.04. The minimum Gasteiger partial charge on any atom is -0.507 e. The minimum atomic E-state index is -0.796. The van der Waals surface area contributed by atoms with Gasteiger partial charge in [0.2, 0.25) is 0 Å². The first-order valence-corrected chi connectivity index (χ1v) is 11.3. The molecule has 0 aliphatic carbocycles. The van der Waals surface area contributed by atoms with E-state index in [0.717, 1.165) is 6.54 Å². The van der Waals surface area contributed by atoms with Crippen LogP contribution < -0.4 is 9.47 Å².